The molecule has 5 rings (SSSR count). The predicted molar refractivity (Wildman–Crippen MR) is 123 cm³/mol. The van der Waals surface area contributed by atoms with Crippen LogP contribution in [0, 0.1) is 5.92 Å². The average Bonchev–Trinajstić information content (AvgIpc) is 3.41. The van der Waals surface area contributed by atoms with Crippen molar-refractivity contribution in [1.82, 2.24) is 29.9 Å². The van der Waals surface area contributed by atoms with Gasteiger partial charge in [-0.05, 0) is 30.4 Å². The average molecular weight is 436 g/mol. The molecular weight excluding hydrogens is 410 g/mol. The number of aromatic amines is 1. The second-order valence-corrected chi connectivity index (χ2v) is 8.65. The van der Waals surface area contributed by atoms with Gasteiger partial charge in [-0.2, -0.15) is 0 Å². The summed E-state index contributed by atoms with van der Waals surface area (Å²) in [4.78, 5) is 26.0. The fourth-order valence-corrected chi connectivity index (χ4v) is 4.84. The number of nitrogens with zero attached hydrogens (tertiary/aromatic N) is 5. The number of halogens is 1. The predicted octanol–water partition coefficient (Wildman–Crippen LogP) is 5.09. The number of H-pyrrole nitrogens is 1. The maximum Gasteiger partial charge on any atom is 0.178 e. The summed E-state index contributed by atoms with van der Waals surface area (Å²) in [7, 11) is 0. The molecule has 4 heterocycles. The Morgan fingerprint density at radius 2 is 1.97 bits per heavy atom. The first kappa shape index (κ1) is 20.1. The van der Waals surface area contributed by atoms with E-state index in [1.54, 1.807) is 12.4 Å². The Balaban J connectivity index is 1.45. The summed E-state index contributed by atoms with van der Waals surface area (Å²) in [5.74, 6) is 2.36. The fourth-order valence-electron chi connectivity index (χ4n) is 4.48. The minimum atomic E-state index is 0.560. The molecule has 0 aliphatic heterocycles. The quantitative estimate of drug-likeness (QED) is 0.419. The lowest BCUT2D eigenvalue weighted by Gasteiger charge is -2.12. The molecule has 7 nitrogen and oxygen atoms in total. The molecule has 0 radical (unpaired) electrons. The van der Waals surface area contributed by atoms with Crippen LogP contribution in [-0.4, -0.2) is 36.4 Å². The molecule has 0 unspecified atom stereocenters. The number of anilines is 1. The van der Waals surface area contributed by atoms with Gasteiger partial charge in [-0.15, -0.1) is 0 Å². The third-order valence-electron chi connectivity index (χ3n) is 6.13. The van der Waals surface area contributed by atoms with Gasteiger partial charge in [0.15, 0.2) is 5.65 Å². The molecule has 2 N–H and O–H groups in total. The van der Waals surface area contributed by atoms with Gasteiger partial charge in [0.25, 0.3) is 0 Å². The van der Waals surface area contributed by atoms with Crippen molar-refractivity contribution < 1.29 is 0 Å². The molecule has 4 aromatic rings. The molecule has 0 saturated heterocycles. The van der Waals surface area contributed by atoms with Crippen LogP contribution in [0.1, 0.15) is 56.1 Å². The summed E-state index contributed by atoms with van der Waals surface area (Å²) in [5, 5.41) is 5.16. The molecule has 1 aliphatic carbocycles. The van der Waals surface area contributed by atoms with E-state index < -0.39 is 0 Å². The molecule has 0 spiro atoms. The number of aryl methyl sites for hydroxylation is 1. The number of aromatic nitrogens is 6. The molecular formula is C23H26ClN7. The van der Waals surface area contributed by atoms with Crippen molar-refractivity contribution in [2.75, 3.05) is 11.9 Å². The van der Waals surface area contributed by atoms with Crippen LogP contribution in [0.5, 0.6) is 0 Å². The second-order valence-electron chi connectivity index (χ2n) is 8.27. The van der Waals surface area contributed by atoms with Gasteiger partial charge in [0.2, 0.25) is 0 Å². The lowest BCUT2D eigenvalue weighted by molar-refractivity contribution is 0.518. The molecule has 1 aliphatic rings. The lowest BCUT2D eigenvalue weighted by Crippen LogP contribution is -2.10. The Bertz CT molecular complexity index is 1210. The van der Waals surface area contributed by atoms with E-state index >= 15 is 0 Å². The Kier molecular flexibility index (Phi) is 5.68. The highest BCUT2D eigenvalue weighted by Gasteiger charge is 2.18. The Hall–Kier alpha value is -2.80. The van der Waals surface area contributed by atoms with Gasteiger partial charge in [-0.25, -0.2) is 19.9 Å². The molecule has 0 atom stereocenters. The molecule has 0 amide bonds. The van der Waals surface area contributed by atoms with Crippen molar-refractivity contribution in [3.05, 3.63) is 46.8 Å². The van der Waals surface area contributed by atoms with Crippen LogP contribution in [0.25, 0.3) is 22.2 Å². The van der Waals surface area contributed by atoms with Gasteiger partial charge in [0.05, 0.1) is 10.4 Å². The van der Waals surface area contributed by atoms with Crippen LogP contribution in [0.3, 0.4) is 0 Å². The second kappa shape index (κ2) is 8.75. The maximum absolute atomic E-state index is 6.67. The lowest BCUT2D eigenvalue weighted by atomic mass is 10.0. The zero-order valence-corrected chi connectivity index (χ0v) is 18.4. The Morgan fingerprint density at radius 3 is 2.81 bits per heavy atom. The van der Waals surface area contributed by atoms with E-state index in [0.717, 1.165) is 69.8 Å². The SMILES string of the molecule is CCc1[nH]c2nc(Cc3cnc4nccnc4c3)nc(NCCC3CCCC3)c2c1Cl. The molecule has 8 heteroatoms. The van der Waals surface area contributed by atoms with Crippen molar-refractivity contribution in [2.24, 2.45) is 5.92 Å². The summed E-state index contributed by atoms with van der Waals surface area (Å²) in [6.45, 7) is 2.98. The van der Waals surface area contributed by atoms with Crippen molar-refractivity contribution in [1.29, 1.82) is 0 Å². The first-order valence-corrected chi connectivity index (χ1v) is 11.5. The van der Waals surface area contributed by atoms with Crippen molar-refractivity contribution in [2.45, 2.75) is 51.9 Å². The number of nitrogens with one attached hydrogen (secondary N) is 2. The standard InChI is InChI=1S/C23H26ClN7/c1-2-16-20(24)19-22(26-8-7-14-5-3-4-6-14)30-18(31-23(19)29-16)12-15-11-17-21(28-13-15)27-10-9-25-17/h9-11,13-14H,2-8,12H2,1H3,(H2,26,29,30,31). The van der Waals surface area contributed by atoms with Crippen LogP contribution >= 0.6 is 11.6 Å². The van der Waals surface area contributed by atoms with E-state index in [9.17, 15) is 0 Å². The van der Waals surface area contributed by atoms with E-state index in [4.69, 9.17) is 21.6 Å². The van der Waals surface area contributed by atoms with Crippen molar-refractivity contribution in [3.63, 3.8) is 0 Å². The Labute approximate surface area is 186 Å². The molecule has 160 valence electrons. The van der Waals surface area contributed by atoms with E-state index in [2.05, 4.69) is 32.2 Å². The first-order chi connectivity index (χ1) is 15.2. The molecule has 1 saturated carbocycles. The maximum atomic E-state index is 6.67. The zero-order chi connectivity index (χ0) is 21.2. The molecule has 31 heavy (non-hydrogen) atoms. The summed E-state index contributed by atoms with van der Waals surface area (Å²) < 4.78 is 0. The van der Waals surface area contributed by atoms with E-state index in [0.29, 0.717) is 12.1 Å². The number of hydrogen-bond acceptors (Lipinski definition) is 6. The van der Waals surface area contributed by atoms with Crippen LogP contribution in [0.15, 0.2) is 24.7 Å². The van der Waals surface area contributed by atoms with E-state index in [-0.39, 0.29) is 0 Å². The number of hydrogen-bond donors (Lipinski definition) is 2. The van der Waals surface area contributed by atoms with Gasteiger partial charge >= 0.3 is 0 Å². The summed E-state index contributed by atoms with van der Waals surface area (Å²) in [6, 6.07) is 2.00. The third kappa shape index (κ3) is 4.19. The molecule has 0 bridgehead atoms. The van der Waals surface area contributed by atoms with Gasteiger partial charge in [-0.1, -0.05) is 44.2 Å². The fraction of sp³-hybridized carbons (Fsp3) is 0.435. The normalized spacial score (nSPS) is 14.6. The van der Waals surface area contributed by atoms with Crippen LogP contribution in [0.2, 0.25) is 5.02 Å². The van der Waals surface area contributed by atoms with Crippen molar-refractivity contribution >= 4 is 39.6 Å². The molecule has 0 aromatic carbocycles. The summed E-state index contributed by atoms with van der Waals surface area (Å²) >= 11 is 6.67. The first-order valence-electron chi connectivity index (χ1n) is 11.1. The number of pyridine rings is 1. The molecule has 1 fully saturated rings. The third-order valence-corrected chi connectivity index (χ3v) is 6.54. The van der Waals surface area contributed by atoms with E-state index in [1.807, 2.05) is 12.3 Å². The van der Waals surface area contributed by atoms with E-state index in [1.165, 1.54) is 25.7 Å². The number of fused-ring (bicyclic) bond motifs is 2. The van der Waals surface area contributed by atoms with Gasteiger partial charge in [0.1, 0.15) is 22.8 Å². The minimum absolute atomic E-state index is 0.560. The summed E-state index contributed by atoms with van der Waals surface area (Å²) in [5.41, 5.74) is 4.18. The largest absolute Gasteiger partial charge is 0.369 e. The van der Waals surface area contributed by atoms with Crippen LogP contribution in [-0.2, 0) is 12.8 Å². The van der Waals surface area contributed by atoms with Crippen LogP contribution in [0.4, 0.5) is 5.82 Å². The number of rotatable bonds is 7. The Morgan fingerprint density at radius 1 is 1.13 bits per heavy atom. The minimum Gasteiger partial charge on any atom is -0.369 e. The smallest absolute Gasteiger partial charge is 0.178 e. The van der Waals surface area contributed by atoms with Gasteiger partial charge in [0, 0.05) is 37.3 Å². The molecule has 4 aromatic heterocycles. The highest BCUT2D eigenvalue weighted by molar-refractivity contribution is 6.37. The highest BCUT2D eigenvalue weighted by atomic mass is 35.5. The zero-order valence-electron chi connectivity index (χ0n) is 17.7. The van der Waals surface area contributed by atoms with Crippen LogP contribution < -0.4 is 5.32 Å². The highest BCUT2D eigenvalue weighted by Crippen LogP contribution is 2.33. The van der Waals surface area contributed by atoms with Crippen molar-refractivity contribution in [3.8, 4) is 0 Å². The monoisotopic (exact) mass is 435 g/mol. The van der Waals surface area contributed by atoms with Gasteiger partial charge in [-0.3, -0.25) is 4.98 Å². The van der Waals surface area contributed by atoms with Gasteiger partial charge < -0.3 is 10.3 Å². The topological polar surface area (TPSA) is 92.3 Å². The summed E-state index contributed by atoms with van der Waals surface area (Å²) in [6.07, 6.45) is 13.1.